The maximum Gasteiger partial charge on any atom is 2.00 e. The fourth-order valence-corrected chi connectivity index (χ4v) is 11.6. The van der Waals surface area contributed by atoms with Gasteiger partial charge in [0.2, 0.25) is 0 Å². The first-order chi connectivity index (χ1) is 20.0. The molecule has 11 heteroatoms. The van der Waals surface area contributed by atoms with Crippen molar-refractivity contribution in [2.75, 3.05) is 24.7 Å². The van der Waals surface area contributed by atoms with E-state index in [-0.39, 0.29) is 23.1 Å². The van der Waals surface area contributed by atoms with Gasteiger partial charge >= 0.3 is 23.1 Å². The van der Waals surface area contributed by atoms with Crippen LogP contribution in [-0.2, 0) is 32.7 Å². The predicted octanol–water partition coefficient (Wildman–Crippen LogP) is 11.1. The number of rotatable bonds is 28. The molecule has 0 radical (unpaired) electrons. The van der Waals surface area contributed by atoms with Gasteiger partial charge in [0.15, 0.2) is 0 Å². The molecule has 0 aliphatic rings. The Balaban J connectivity index is -0.000000727. The zero-order valence-electron chi connectivity index (χ0n) is 29.3. The Kier molecular flexibility index (Phi) is 38.5. The van der Waals surface area contributed by atoms with Gasteiger partial charge in [0.25, 0.3) is 0 Å². The molecule has 43 heavy (non-hydrogen) atoms. The second-order valence-corrected chi connectivity index (χ2v) is 23.9. The molecule has 0 aromatic carbocycles. The topological polar surface area (TPSA) is 64.6 Å². The number of unbranched alkanes of at least 4 members (excludes halogenated alkanes) is 4. The average molecular weight is 731 g/mol. The van der Waals surface area contributed by atoms with Crippen LogP contribution in [0, 0.1) is 23.7 Å². The Morgan fingerprint density at radius 2 is 0.767 bits per heavy atom. The molecule has 0 rings (SSSR count). The molecule has 4 nitrogen and oxygen atoms in total. The smallest absolute Gasteiger partial charge is 0.793 e. The van der Waals surface area contributed by atoms with E-state index in [1.165, 1.54) is 87.0 Å². The van der Waals surface area contributed by atoms with Crippen molar-refractivity contribution in [2.24, 2.45) is 23.7 Å². The Bertz CT molecular complexity index is 590. The summed E-state index contributed by atoms with van der Waals surface area (Å²) in [6.45, 7) is 18.7. The average Bonchev–Trinajstić information content (AvgIpc) is 2.98. The number of hydrogen-bond acceptors (Lipinski definition) is 8. The third-order valence-electron chi connectivity index (χ3n) is 8.05. The van der Waals surface area contributed by atoms with Crippen LogP contribution in [0.15, 0.2) is 0 Å². The van der Waals surface area contributed by atoms with Crippen molar-refractivity contribution < 1.29 is 18.8 Å². The Morgan fingerprint density at radius 3 is 1.00 bits per heavy atom. The summed E-state index contributed by atoms with van der Waals surface area (Å²) in [5.74, 6) is 4.01. The van der Waals surface area contributed by atoms with Crippen LogP contribution >= 0.6 is 34.2 Å². The minimum absolute atomic E-state index is 0. The van der Waals surface area contributed by atoms with Crippen molar-refractivity contribution in [3.05, 3.63) is 0 Å². The minimum atomic E-state index is -2.89. The van der Waals surface area contributed by atoms with E-state index >= 15 is 0 Å². The third-order valence-corrected chi connectivity index (χ3v) is 16.8. The van der Waals surface area contributed by atoms with Crippen molar-refractivity contribution in [3.63, 3.8) is 0 Å². The molecule has 0 amide bonds. The van der Waals surface area contributed by atoms with E-state index in [4.69, 9.17) is 32.7 Å². The molecule has 0 aliphatic carbocycles. The molecule has 0 spiro atoms. The van der Waals surface area contributed by atoms with Crippen LogP contribution in [0.5, 0.6) is 0 Å². The normalized spacial score (nSPS) is 17.0. The summed E-state index contributed by atoms with van der Waals surface area (Å²) in [5.41, 5.74) is -5.78. The summed E-state index contributed by atoms with van der Waals surface area (Å²) in [7, 11) is 0. The molecule has 0 saturated heterocycles. The summed E-state index contributed by atoms with van der Waals surface area (Å²) in [6.07, 6.45) is 18.9. The van der Waals surface area contributed by atoms with Crippen molar-refractivity contribution in [2.45, 2.75) is 158 Å². The molecular formula is C32H68MgO4P2S4. The van der Waals surface area contributed by atoms with Crippen LogP contribution in [0.3, 0.4) is 0 Å². The second kappa shape index (κ2) is 33.1. The van der Waals surface area contributed by atoms with E-state index in [1.54, 1.807) is 0 Å². The van der Waals surface area contributed by atoms with E-state index in [0.717, 1.165) is 50.0 Å². The first-order valence-corrected chi connectivity index (χ1v) is 25.6. The predicted molar refractivity (Wildman–Crippen MR) is 204 cm³/mol. The minimum Gasteiger partial charge on any atom is -0.793 e. The Labute approximate surface area is 303 Å². The largest absolute Gasteiger partial charge is 2.00 e. The van der Waals surface area contributed by atoms with Gasteiger partial charge in [-0.3, -0.25) is 0 Å². The van der Waals surface area contributed by atoms with Gasteiger partial charge in [-0.15, -0.1) is 22.8 Å². The van der Waals surface area contributed by atoms with E-state index in [2.05, 4.69) is 55.4 Å². The molecule has 0 heterocycles. The summed E-state index contributed by atoms with van der Waals surface area (Å²) < 4.78 is 11.2. The van der Waals surface area contributed by atoms with E-state index < -0.39 is 11.4 Å². The van der Waals surface area contributed by atoms with Crippen molar-refractivity contribution in [1.29, 1.82) is 0 Å². The number of hydrogen-bond donors (Lipinski definition) is 0. The molecule has 0 N–H and O–H groups in total. The van der Waals surface area contributed by atoms with Gasteiger partial charge < -0.3 is 18.8 Å². The molecule has 0 aromatic heterocycles. The third kappa shape index (κ3) is 31.6. The monoisotopic (exact) mass is 730 g/mol. The fraction of sp³-hybridized carbons (Fsp3) is 1.00. The van der Waals surface area contributed by atoms with E-state index in [1.807, 2.05) is 0 Å². The second-order valence-electron chi connectivity index (χ2n) is 11.7. The van der Waals surface area contributed by atoms with Gasteiger partial charge in [0.05, 0.1) is 13.2 Å². The summed E-state index contributed by atoms with van der Waals surface area (Å²) in [5, 5.41) is 0. The van der Waals surface area contributed by atoms with Crippen LogP contribution in [0.1, 0.15) is 158 Å². The SMILES string of the molecule is CCCCC(CC)COP([O-])(=S)SCC(CC)CCCC.CCCCC(CC)COP([O-])(=S)SCC(CC)CCCC.[Mg+2]. The zero-order chi connectivity index (χ0) is 32.3. The molecule has 6 atom stereocenters. The van der Waals surface area contributed by atoms with Crippen LogP contribution in [0.2, 0.25) is 0 Å². The van der Waals surface area contributed by atoms with Gasteiger partial charge in [0, 0.05) is 22.9 Å². The van der Waals surface area contributed by atoms with Gasteiger partial charge in [-0.25, -0.2) is 0 Å². The van der Waals surface area contributed by atoms with E-state index in [9.17, 15) is 9.79 Å². The van der Waals surface area contributed by atoms with Crippen molar-refractivity contribution in [3.8, 4) is 0 Å². The molecule has 256 valence electrons. The fourth-order valence-electron chi connectivity index (χ4n) is 4.45. The van der Waals surface area contributed by atoms with Gasteiger partial charge in [-0.1, -0.05) is 156 Å². The summed E-state index contributed by atoms with van der Waals surface area (Å²) >= 11 is 13.2. The first kappa shape index (κ1) is 50.0. The van der Waals surface area contributed by atoms with Gasteiger partial charge in [-0.05, 0) is 49.4 Å². The Hall–Kier alpha value is 2.61. The van der Waals surface area contributed by atoms with E-state index in [0.29, 0.717) is 36.9 Å². The maximum atomic E-state index is 12.4. The molecule has 0 aromatic rings. The van der Waals surface area contributed by atoms with Crippen LogP contribution in [0.25, 0.3) is 0 Å². The summed E-state index contributed by atoms with van der Waals surface area (Å²) in [6, 6.07) is 0. The zero-order valence-corrected chi connectivity index (χ0v) is 35.8. The molecule has 6 unspecified atom stereocenters. The molecular weight excluding hydrogens is 663 g/mol. The van der Waals surface area contributed by atoms with Crippen LogP contribution in [0.4, 0.5) is 0 Å². The maximum absolute atomic E-state index is 12.4. The summed E-state index contributed by atoms with van der Waals surface area (Å²) in [4.78, 5) is 24.7. The van der Waals surface area contributed by atoms with Gasteiger partial charge in [0.1, 0.15) is 0 Å². The van der Waals surface area contributed by atoms with Crippen molar-refractivity contribution >= 4 is 80.8 Å². The molecule has 0 bridgehead atoms. The quantitative estimate of drug-likeness (QED) is 0.0582. The molecule has 0 fully saturated rings. The van der Waals surface area contributed by atoms with Gasteiger partial charge in [-0.2, -0.15) is 0 Å². The molecule has 0 aliphatic heterocycles. The van der Waals surface area contributed by atoms with Crippen LogP contribution < -0.4 is 9.79 Å². The standard InChI is InChI=1S/2C16H35O2PS2.Mg/c2*1-5-9-11-15(7-3)13-18-19(17,20)21-14-16(8-4)12-10-6-2;/h2*15-16H,5-14H2,1-4H3,(H,17,20);/q;;+2/p-2. The van der Waals surface area contributed by atoms with Crippen LogP contribution in [-0.4, -0.2) is 47.8 Å². The van der Waals surface area contributed by atoms with Crippen molar-refractivity contribution in [1.82, 2.24) is 0 Å². The molecule has 0 saturated carbocycles. The first-order valence-electron chi connectivity index (χ1n) is 17.2. The Morgan fingerprint density at radius 1 is 0.512 bits per heavy atom.